The predicted octanol–water partition coefficient (Wildman–Crippen LogP) is 4.68. The van der Waals surface area contributed by atoms with Crippen LogP contribution in [0.5, 0.6) is 11.5 Å². The molecule has 2 rings (SSSR count). The quantitative estimate of drug-likeness (QED) is 0.889. The second-order valence-electron chi connectivity index (χ2n) is 4.48. The van der Waals surface area contributed by atoms with Crippen LogP contribution < -0.4 is 10.5 Å². The number of hydrogen-bond donors (Lipinski definition) is 1. The molecule has 2 N–H and O–H groups in total. The van der Waals surface area contributed by atoms with E-state index in [2.05, 4.69) is 0 Å². The van der Waals surface area contributed by atoms with Crippen molar-refractivity contribution in [3.63, 3.8) is 0 Å². The number of benzene rings is 2. The third-order valence-electron chi connectivity index (χ3n) is 2.60. The maximum absolute atomic E-state index is 6.09. The first-order chi connectivity index (χ1) is 9.06. The lowest BCUT2D eigenvalue weighted by Gasteiger charge is -2.10. The van der Waals surface area contributed by atoms with Crippen molar-refractivity contribution < 1.29 is 4.74 Å². The number of ether oxygens (including phenoxy) is 1. The summed E-state index contributed by atoms with van der Waals surface area (Å²) in [5.41, 5.74) is 6.92. The van der Waals surface area contributed by atoms with Crippen LogP contribution in [0.15, 0.2) is 42.5 Å². The van der Waals surface area contributed by atoms with Gasteiger partial charge in [-0.15, -0.1) is 0 Å². The van der Waals surface area contributed by atoms with E-state index in [1.54, 1.807) is 18.2 Å². The molecule has 0 aliphatic rings. The molecule has 0 heterocycles. The summed E-state index contributed by atoms with van der Waals surface area (Å²) in [4.78, 5) is 0. The molecule has 0 aromatic heterocycles. The molecule has 0 aliphatic heterocycles. The molecule has 0 saturated carbocycles. The van der Waals surface area contributed by atoms with Crippen molar-refractivity contribution in [2.75, 3.05) is 0 Å². The molecule has 0 spiro atoms. The molecule has 4 heteroatoms. The predicted molar refractivity (Wildman–Crippen MR) is 80.3 cm³/mol. The highest BCUT2D eigenvalue weighted by Gasteiger charge is 2.07. The zero-order chi connectivity index (χ0) is 13.8. The number of hydrogen-bond acceptors (Lipinski definition) is 2. The third-order valence-corrected chi connectivity index (χ3v) is 3.40. The van der Waals surface area contributed by atoms with Gasteiger partial charge in [0.25, 0.3) is 0 Å². The van der Waals surface area contributed by atoms with E-state index in [0.717, 1.165) is 17.7 Å². The second kappa shape index (κ2) is 6.29. The fourth-order valence-electron chi connectivity index (χ4n) is 1.80. The molecule has 0 bridgehead atoms. The van der Waals surface area contributed by atoms with Crippen molar-refractivity contribution in [3.05, 3.63) is 58.1 Å². The highest BCUT2D eigenvalue weighted by atomic mass is 35.5. The largest absolute Gasteiger partial charge is 0.456 e. The van der Waals surface area contributed by atoms with Crippen LogP contribution in [0.3, 0.4) is 0 Å². The number of rotatable bonds is 4. The van der Waals surface area contributed by atoms with Gasteiger partial charge in [-0.25, -0.2) is 0 Å². The average molecular weight is 296 g/mol. The highest BCUT2D eigenvalue weighted by Crippen LogP contribution is 2.34. The number of halogens is 2. The van der Waals surface area contributed by atoms with Crippen LogP contribution in [0.25, 0.3) is 0 Å². The molecule has 0 aliphatic carbocycles. The Bertz CT molecular complexity index is 570. The van der Waals surface area contributed by atoms with E-state index in [0.29, 0.717) is 15.8 Å². The van der Waals surface area contributed by atoms with Gasteiger partial charge in [0.1, 0.15) is 16.5 Å². The number of nitrogens with two attached hydrogens (primary N) is 1. The van der Waals surface area contributed by atoms with E-state index in [1.807, 2.05) is 31.2 Å². The standard InChI is InChI=1S/C15H15Cl2NO/c1-10(18)8-11-4-2-5-12(9-11)19-14-7-3-6-13(16)15(14)17/h2-7,9-10H,8,18H2,1H3. The van der Waals surface area contributed by atoms with Crippen molar-refractivity contribution in [1.29, 1.82) is 0 Å². The Kier molecular flexibility index (Phi) is 4.70. The zero-order valence-corrected chi connectivity index (χ0v) is 12.1. The molecular formula is C15H15Cl2NO. The first-order valence-corrected chi connectivity index (χ1v) is 6.78. The van der Waals surface area contributed by atoms with E-state index in [4.69, 9.17) is 33.7 Å². The van der Waals surface area contributed by atoms with Gasteiger partial charge in [-0.1, -0.05) is 41.4 Å². The minimum absolute atomic E-state index is 0.116. The summed E-state index contributed by atoms with van der Waals surface area (Å²) in [7, 11) is 0. The monoisotopic (exact) mass is 295 g/mol. The van der Waals surface area contributed by atoms with Crippen LogP contribution in [0.2, 0.25) is 10.0 Å². The molecule has 1 unspecified atom stereocenters. The van der Waals surface area contributed by atoms with Gasteiger partial charge in [0.05, 0.1) is 5.02 Å². The summed E-state index contributed by atoms with van der Waals surface area (Å²) < 4.78 is 5.75. The lowest BCUT2D eigenvalue weighted by atomic mass is 10.1. The zero-order valence-electron chi connectivity index (χ0n) is 10.6. The van der Waals surface area contributed by atoms with E-state index in [1.165, 1.54) is 0 Å². The molecule has 0 saturated heterocycles. The van der Waals surface area contributed by atoms with Gasteiger partial charge < -0.3 is 10.5 Å². The van der Waals surface area contributed by atoms with Gasteiger partial charge in [-0.2, -0.15) is 0 Å². The van der Waals surface area contributed by atoms with Crippen molar-refractivity contribution in [1.82, 2.24) is 0 Å². The minimum Gasteiger partial charge on any atom is -0.456 e. The first kappa shape index (κ1) is 14.2. The van der Waals surface area contributed by atoms with Crippen molar-refractivity contribution in [3.8, 4) is 11.5 Å². The fraction of sp³-hybridized carbons (Fsp3) is 0.200. The molecule has 2 aromatic rings. The van der Waals surface area contributed by atoms with Crippen LogP contribution in [-0.4, -0.2) is 6.04 Å². The van der Waals surface area contributed by atoms with Gasteiger partial charge in [0, 0.05) is 6.04 Å². The summed E-state index contributed by atoms with van der Waals surface area (Å²) in [5, 5.41) is 0.896. The average Bonchev–Trinajstić information content (AvgIpc) is 2.35. The smallest absolute Gasteiger partial charge is 0.147 e. The summed E-state index contributed by atoms with van der Waals surface area (Å²) in [5.74, 6) is 1.27. The Labute approximate surface area is 123 Å². The van der Waals surface area contributed by atoms with Gasteiger partial charge in [-0.05, 0) is 43.2 Å². The molecular weight excluding hydrogens is 281 g/mol. The van der Waals surface area contributed by atoms with E-state index in [-0.39, 0.29) is 6.04 Å². The molecule has 0 fully saturated rings. The van der Waals surface area contributed by atoms with Crippen molar-refractivity contribution in [2.45, 2.75) is 19.4 Å². The summed E-state index contributed by atoms with van der Waals surface area (Å²) in [6, 6.07) is 13.2. The normalized spacial score (nSPS) is 12.2. The lowest BCUT2D eigenvalue weighted by Crippen LogP contribution is -2.17. The molecule has 0 radical (unpaired) electrons. The Balaban J connectivity index is 2.21. The van der Waals surface area contributed by atoms with Gasteiger partial charge in [-0.3, -0.25) is 0 Å². The third kappa shape index (κ3) is 3.87. The van der Waals surface area contributed by atoms with Crippen molar-refractivity contribution in [2.24, 2.45) is 5.73 Å². The second-order valence-corrected chi connectivity index (χ2v) is 5.27. The van der Waals surface area contributed by atoms with Crippen molar-refractivity contribution >= 4 is 23.2 Å². The summed E-state index contributed by atoms with van der Waals surface area (Å²) in [6.07, 6.45) is 0.806. The van der Waals surface area contributed by atoms with E-state index in [9.17, 15) is 0 Å². The van der Waals surface area contributed by atoms with Gasteiger partial charge >= 0.3 is 0 Å². The molecule has 19 heavy (non-hydrogen) atoms. The van der Waals surface area contributed by atoms with Crippen LogP contribution in [0.4, 0.5) is 0 Å². The maximum Gasteiger partial charge on any atom is 0.147 e. The summed E-state index contributed by atoms with van der Waals surface area (Å²) >= 11 is 12.0. The highest BCUT2D eigenvalue weighted by molar-refractivity contribution is 6.42. The topological polar surface area (TPSA) is 35.2 Å². The Morgan fingerprint density at radius 3 is 2.63 bits per heavy atom. The van der Waals surface area contributed by atoms with Crippen LogP contribution in [0, 0.1) is 0 Å². The Morgan fingerprint density at radius 2 is 1.89 bits per heavy atom. The maximum atomic E-state index is 6.09. The first-order valence-electron chi connectivity index (χ1n) is 6.02. The van der Waals surface area contributed by atoms with Crippen LogP contribution in [0.1, 0.15) is 12.5 Å². The fourth-order valence-corrected chi connectivity index (χ4v) is 2.13. The van der Waals surface area contributed by atoms with Gasteiger partial charge in [0.15, 0.2) is 0 Å². The van der Waals surface area contributed by atoms with Crippen LogP contribution in [-0.2, 0) is 6.42 Å². The molecule has 1 atom stereocenters. The molecule has 2 aromatic carbocycles. The summed E-state index contributed by atoms with van der Waals surface area (Å²) in [6.45, 7) is 1.97. The SMILES string of the molecule is CC(N)Cc1cccc(Oc2cccc(Cl)c2Cl)c1. The molecule has 0 amide bonds. The Morgan fingerprint density at radius 1 is 1.16 bits per heavy atom. The van der Waals surface area contributed by atoms with Crippen LogP contribution >= 0.6 is 23.2 Å². The van der Waals surface area contributed by atoms with E-state index >= 15 is 0 Å². The minimum atomic E-state index is 0.116. The molecule has 100 valence electrons. The Hall–Kier alpha value is -1.22. The van der Waals surface area contributed by atoms with Gasteiger partial charge in [0.2, 0.25) is 0 Å². The van der Waals surface area contributed by atoms with E-state index < -0.39 is 0 Å². The lowest BCUT2D eigenvalue weighted by molar-refractivity contribution is 0.482. The molecule has 2 nitrogen and oxygen atoms in total.